The number of nitrogens with two attached hydrogens (primary N) is 1. The average molecular weight is 357 g/mol. The summed E-state index contributed by atoms with van der Waals surface area (Å²) >= 11 is 2.15. The van der Waals surface area contributed by atoms with Gasteiger partial charge in [-0.2, -0.15) is 0 Å². The number of rotatable bonds is 4. The van der Waals surface area contributed by atoms with E-state index in [1.807, 2.05) is 13.1 Å². The van der Waals surface area contributed by atoms with Crippen LogP contribution in [0.3, 0.4) is 0 Å². The van der Waals surface area contributed by atoms with Crippen molar-refractivity contribution in [3.63, 3.8) is 0 Å². The number of aryl methyl sites for hydroxylation is 1. The van der Waals surface area contributed by atoms with Gasteiger partial charge in [0.05, 0.1) is 0 Å². The molecule has 2 rings (SSSR count). The Morgan fingerprint density at radius 1 is 1.50 bits per heavy atom. The summed E-state index contributed by atoms with van der Waals surface area (Å²) in [6.45, 7) is 0.272. The zero-order valence-electron chi connectivity index (χ0n) is 9.76. The lowest BCUT2D eigenvalue weighted by Crippen LogP contribution is -2.15. The molecule has 0 atom stereocenters. The fraction of sp³-hybridized carbons (Fsp3) is 0.167. The molecule has 0 aliphatic carbocycles. The summed E-state index contributed by atoms with van der Waals surface area (Å²) in [6.07, 6.45) is 1.79. The highest BCUT2D eigenvalue weighted by atomic mass is 127. The molecule has 0 saturated heterocycles. The second-order valence-electron chi connectivity index (χ2n) is 3.75. The van der Waals surface area contributed by atoms with Crippen molar-refractivity contribution in [1.82, 2.24) is 9.78 Å². The minimum atomic E-state index is -0.451. The van der Waals surface area contributed by atoms with Crippen molar-refractivity contribution < 1.29 is 9.53 Å². The highest BCUT2D eigenvalue weighted by Gasteiger charge is 2.12. The Kier molecular flexibility index (Phi) is 3.85. The van der Waals surface area contributed by atoms with Crippen LogP contribution in [0, 0.1) is 3.57 Å². The number of aromatic nitrogens is 2. The number of primary amides is 1. The lowest BCUT2D eigenvalue weighted by Gasteiger charge is -2.09. The first-order valence-electron chi connectivity index (χ1n) is 5.27. The minimum absolute atomic E-state index is 0.272. The topological polar surface area (TPSA) is 70.1 Å². The number of hydrogen-bond acceptors (Lipinski definition) is 3. The quantitative estimate of drug-likeness (QED) is 0.847. The first kappa shape index (κ1) is 12.9. The van der Waals surface area contributed by atoms with Crippen LogP contribution in [0.25, 0.3) is 0 Å². The SMILES string of the molecule is Cn1ccc(OCc2c(I)cccc2C(N)=O)n1. The summed E-state index contributed by atoms with van der Waals surface area (Å²) in [5.41, 5.74) is 6.61. The standard InChI is InChI=1S/C12H12IN3O2/c1-16-6-5-11(15-16)18-7-9-8(12(14)17)3-2-4-10(9)13/h2-6H,7H2,1H3,(H2,14,17). The lowest BCUT2D eigenvalue weighted by molar-refractivity contribution is 0.0997. The van der Waals surface area contributed by atoms with Crippen LogP contribution in [0.5, 0.6) is 5.88 Å². The fourth-order valence-corrected chi connectivity index (χ4v) is 2.21. The molecule has 94 valence electrons. The largest absolute Gasteiger partial charge is 0.472 e. The third kappa shape index (κ3) is 2.81. The minimum Gasteiger partial charge on any atom is -0.472 e. The molecule has 0 saturated carbocycles. The highest BCUT2D eigenvalue weighted by molar-refractivity contribution is 14.1. The molecule has 1 aromatic heterocycles. The van der Waals surface area contributed by atoms with Gasteiger partial charge in [-0.05, 0) is 34.7 Å². The third-order valence-corrected chi connectivity index (χ3v) is 3.45. The monoisotopic (exact) mass is 357 g/mol. The van der Waals surface area contributed by atoms with E-state index < -0.39 is 5.91 Å². The molecule has 2 N–H and O–H groups in total. The van der Waals surface area contributed by atoms with Crippen molar-refractivity contribution >= 4 is 28.5 Å². The van der Waals surface area contributed by atoms with Gasteiger partial charge in [-0.3, -0.25) is 9.48 Å². The Bertz CT molecular complexity index is 580. The molecule has 1 heterocycles. The molecular weight excluding hydrogens is 345 g/mol. The van der Waals surface area contributed by atoms with E-state index in [1.165, 1.54) is 0 Å². The van der Waals surface area contributed by atoms with Crippen LogP contribution in [-0.4, -0.2) is 15.7 Å². The van der Waals surface area contributed by atoms with Gasteiger partial charge in [-0.1, -0.05) is 6.07 Å². The van der Waals surface area contributed by atoms with Crippen molar-refractivity contribution in [3.8, 4) is 5.88 Å². The smallest absolute Gasteiger partial charge is 0.249 e. The molecule has 5 nitrogen and oxygen atoms in total. The van der Waals surface area contributed by atoms with Crippen molar-refractivity contribution in [3.05, 3.63) is 45.2 Å². The van der Waals surface area contributed by atoms with Crippen LogP contribution in [0.1, 0.15) is 15.9 Å². The Morgan fingerprint density at radius 2 is 2.28 bits per heavy atom. The molecule has 6 heteroatoms. The molecule has 0 radical (unpaired) electrons. The van der Waals surface area contributed by atoms with Gasteiger partial charge in [-0.25, -0.2) is 0 Å². The van der Waals surface area contributed by atoms with E-state index in [-0.39, 0.29) is 6.61 Å². The molecule has 0 aliphatic heterocycles. The van der Waals surface area contributed by atoms with Gasteiger partial charge in [0, 0.05) is 34.0 Å². The summed E-state index contributed by atoms with van der Waals surface area (Å²) in [5, 5.41) is 4.11. The molecule has 0 bridgehead atoms. The molecule has 0 spiro atoms. The molecule has 0 aliphatic rings. The van der Waals surface area contributed by atoms with Crippen LogP contribution >= 0.6 is 22.6 Å². The molecule has 2 aromatic rings. The average Bonchev–Trinajstić information content (AvgIpc) is 2.73. The maximum absolute atomic E-state index is 11.3. The molecule has 1 amide bonds. The van der Waals surface area contributed by atoms with Crippen LogP contribution < -0.4 is 10.5 Å². The van der Waals surface area contributed by atoms with Gasteiger partial charge in [0.25, 0.3) is 0 Å². The Hall–Kier alpha value is -1.57. The van der Waals surface area contributed by atoms with Gasteiger partial charge < -0.3 is 10.5 Å². The number of nitrogens with zero attached hydrogens (tertiary/aromatic N) is 2. The second kappa shape index (κ2) is 5.38. The predicted molar refractivity (Wildman–Crippen MR) is 75.2 cm³/mol. The van der Waals surface area contributed by atoms with Crippen molar-refractivity contribution in [2.45, 2.75) is 6.61 Å². The summed E-state index contributed by atoms with van der Waals surface area (Å²) < 4.78 is 8.14. The number of ether oxygens (including phenoxy) is 1. The zero-order valence-corrected chi connectivity index (χ0v) is 11.9. The molecule has 0 unspecified atom stereocenters. The first-order chi connectivity index (χ1) is 8.58. The summed E-state index contributed by atoms with van der Waals surface area (Å²) in [7, 11) is 1.81. The van der Waals surface area contributed by atoms with E-state index in [0.29, 0.717) is 11.4 Å². The lowest BCUT2D eigenvalue weighted by atomic mass is 10.1. The van der Waals surface area contributed by atoms with Gasteiger partial charge in [0.1, 0.15) is 6.61 Å². The van der Waals surface area contributed by atoms with Crippen LogP contribution in [-0.2, 0) is 13.7 Å². The van der Waals surface area contributed by atoms with E-state index in [9.17, 15) is 4.79 Å². The zero-order chi connectivity index (χ0) is 13.1. The highest BCUT2D eigenvalue weighted by Crippen LogP contribution is 2.19. The number of hydrogen-bond donors (Lipinski definition) is 1. The number of benzene rings is 1. The predicted octanol–water partition coefficient (Wildman–Crippen LogP) is 1.70. The van der Waals surface area contributed by atoms with E-state index in [1.54, 1.807) is 29.1 Å². The second-order valence-corrected chi connectivity index (χ2v) is 4.91. The Balaban J connectivity index is 2.20. The summed E-state index contributed by atoms with van der Waals surface area (Å²) in [6, 6.07) is 7.16. The maximum atomic E-state index is 11.3. The van der Waals surface area contributed by atoms with E-state index in [0.717, 1.165) is 9.13 Å². The van der Waals surface area contributed by atoms with Crippen LogP contribution in [0.15, 0.2) is 30.5 Å². The first-order valence-corrected chi connectivity index (χ1v) is 6.35. The molecular formula is C12H12IN3O2. The van der Waals surface area contributed by atoms with Gasteiger partial charge in [0.2, 0.25) is 11.8 Å². The molecule has 1 aromatic carbocycles. The molecule has 0 fully saturated rings. The van der Waals surface area contributed by atoms with Gasteiger partial charge in [-0.15, -0.1) is 5.10 Å². The van der Waals surface area contributed by atoms with E-state index >= 15 is 0 Å². The Morgan fingerprint density at radius 3 is 2.89 bits per heavy atom. The van der Waals surface area contributed by atoms with Gasteiger partial charge >= 0.3 is 0 Å². The summed E-state index contributed by atoms with van der Waals surface area (Å²) in [5.74, 6) is 0.0701. The van der Waals surface area contributed by atoms with Gasteiger partial charge in [0.15, 0.2) is 0 Å². The normalized spacial score (nSPS) is 10.3. The van der Waals surface area contributed by atoms with Crippen molar-refractivity contribution in [2.75, 3.05) is 0 Å². The maximum Gasteiger partial charge on any atom is 0.249 e. The summed E-state index contributed by atoms with van der Waals surface area (Å²) in [4.78, 5) is 11.3. The van der Waals surface area contributed by atoms with Crippen molar-refractivity contribution in [1.29, 1.82) is 0 Å². The van der Waals surface area contributed by atoms with Crippen molar-refractivity contribution in [2.24, 2.45) is 12.8 Å². The Labute approximate surface area is 118 Å². The van der Waals surface area contributed by atoms with Crippen LogP contribution in [0.2, 0.25) is 0 Å². The van der Waals surface area contributed by atoms with E-state index in [4.69, 9.17) is 10.5 Å². The number of carbonyl (C=O) groups excluding carboxylic acids is 1. The number of carbonyl (C=O) groups is 1. The third-order valence-electron chi connectivity index (χ3n) is 2.44. The van der Waals surface area contributed by atoms with Crippen LogP contribution in [0.4, 0.5) is 0 Å². The number of amides is 1. The molecule has 18 heavy (non-hydrogen) atoms. The number of halogens is 1. The van der Waals surface area contributed by atoms with E-state index in [2.05, 4.69) is 27.7 Å². The fourth-order valence-electron chi connectivity index (χ4n) is 1.55.